The molecule has 12 heavy (non-hydrogen) atoms. The first-order valence-electron chi connectivity index (χ1n) is 3.51. The third kappa shape index (κ3) is 2.05. The Kier molecular flexibility index (Phi) is 3.69. The average Bonchev–Trinajstić information content (AvgIpc) is 2.16. The molecule has 0 amide bonds. The van der Waals surface area contributed by atoms with Crippen LogP contribution in [-0.4, -0.2) is 17.6 Å². The fourth-order valence-corrected chi connectivity index (χ4v) is 1.98. The Balaban J connectivity index is 3.04. The Morgan fingerprint density at radius 2 is 1.92 bits per heavy atom. The quantitative estimate of drug-likeness (QED) is 0.680. The lowest BCUT2D eigenvalue weighted by Crippen LogP contribution is -1.93. The van der Waals surface area contributed by atoms with Gasteiger partial charge >= 0.3 is 0 Å². The molecule has 0 unspecified atom stereocenters. The summed E-state index contributed by atoms with van der Waals surface area (Å²) in [6.07, 6.45) is 3.78. The smallest absolute Gasteiger partial charge is 0.220 e. The van der Waals surface area contributed by atoms with Crippen molar-refractivity contribution in [1.82, 2.24) is 0 Å². The van der Waals surface area contributed by atoms with Crippen LogP contribution in [0.3, 0.4) is 0 Å². The van der Waals surface area contributed by atoms with Gasteiger partial charge in [0, 0.05) is 10.5 Å². The Bertz CT molecular complexity index is 284. The third-order valence-electron chi connectivity index (χ3n) is 1.51. The summed E-state index contributed by atoms with van der Waals surface area (Å²) in [5, 5.41) is 0.139. The molecule has 0 bridgehead atoms. The number of hydrogen-bond acceptors (Lipinski definition) is 3. The molecule has 0 aliphatic heterocycles. The van der Waals surface area contributed by atoms with E-state index in [1.807, 2.05) is 30.5 Å². The summed E-state index contributed by atoms with van der Waals surface area (Å²) in [6, 6.07) is 7.67. The highest BCUT2D eigenvalue weighted by molar-refractivity contribution is 8.13. The standard InChI is InChI=1S/C9H10OS2/c1-11-8-6-4-3-5-7(8)9(10)12-2/h3-6H,1-2H3. The third-order valence-corrected chi connectivity index (χ3v) is 2.90. The number of carbonyl (C=O) groups excluding carboxylic acids is 1. The maximum Gasteiger partial charge on any atom is 0.220 e. The fourth-order valence-electron chi connectivity index (χ4n) is 0.923. The van der Waals surface area contributed by atoms with Gasteiger partial charge in [-0.1, -0.05) is 23.9 Å². The van der Waals surface area contributed by atoms with Crippen LogP contribution in [0.15, 0.2) is 29.2 Å². The molecule has 3 heteroatoms. The highest BCUT2D eigenvalue weighted by atomic mass is 32.2. The van der Waals surface area contributed by atoms with Crippen LogP contribution in [0, 0.1) is 0 Å². The van der Waals surface area contributed by atoms with Crippen LogP contribution >= 0.6 is 23.5 Å². The van der Waals surface area contributed by atoms with Gasteiger partial charge in [0.25, 0.3) is 0 Å². The van der Waals surface area contributed by atoms with Gasteiger partial charge in [-0.15, -0.1) is 11.8 Å². The highest BCUT2D eigenvalue weighted by Crippen LogP contribution is 2.22. The zero-order valence-corrected chi connectivity index (χ0v) is 8.67. The van der Waals surface area contributed by atoms with E-state index in [2.05, 4.69) is 0 Å². The Hall–Kier alpha value is -0.410. The van der Waals surface area contributed by atoms with E-state index < -0.39 is 0 Å². The minimum absolute atomic E-state index is 0.139. The van der Waals surface area contributed by atoms with Gasteiger partial charge in [-0.2, -0.15) is 0 Å². The first-order chi connectivity index (χ1) is 5.79. The number of hydrogen-bond donors (Lipinski definition) is 0. The molecule has 0 radical (unpaired) electrons. The molecule has 0 fully saturated rings. The summed E-state index contributed by atoms with van der Waals surface area (Å²) in [4.78, 5) is 12.4. The Morgan fingerprint density at radius 1 is 1.25 bits per heavy atom. The summed E-state index contributed by atoms with van der Waals surface area (Å²) in [5.41, 5.74) is 0.817. The van der Waals surface area contributed by atoms with E-state index in [-0.39, 0.29) is 5.12 Å². The van der Waals surface area contributed by atoms with Gasteiger partial charge in [0.05, 0.1) is 0 Å². The first-order valence-corrected chi connectivity index (χ1v) is 5.96. The van der Waals surface area contributed by atoms with Crippen molar-refractivity contribution in [3.8, 4) is 0 Å². The summed E-state index contributed by atoms with van der Waals surface area (Å²) >= 11 is 2.86. The summed E-state index contributed by atoms with van der Waals surface area (Å²) in [6.45, 7) is 0. The molecule has 0 atom stereocenters. The van der Waals surface area contributed by atoms with Crippen molar-refractivity contribution in [2.24, 2.45) is 0 Å². The van der Waals surface area contributed by atoms with E-state index in [9.17, 15) is 4.79 Å². The van der Waals surface area contributed by atoms with Crippen molar-refractivity contribution in [2.45, 2.75) is 4.90 Å². The van der Waals surface area contributed by atoms with Gasteiger partial charge < -0.3 is 0 Å². The molecule has 0 aliphatic rings. The number of carbonyl (C=O) groups is 1. The molecule has 0 saturated carbocycles. The van der Waals surface area contributed by atoms with Gasteiger partial charge in [-0.3, -0.25) is 4.79 Å². The van der Waals surface area contributed by atoms with Crippen LogP contribution in [0.25, 0.3) is 0 Å². The molecule has 0 aliphatic carbocycles. The van der Waals surface area contributed by atoms with Crippen LogP contribution in [0.2, 0.25) is 0 Å². The molecule has 0 spiro atoms. The Morgan fingerprint density at radius 3 is 2.50 bits per heavy atom. The highest BCUT2D eigenvalue weighted by Gasteiger charge is 2.07. The first kappa shape index (κ1) is 9.68. The minimum atomic E-state index is 0.139. The topological polar surface area (TPSA) is 17.1 Å². The molecular weight excluding hydrogens is 188 g/mol. The maximum atomic E-state index is 11.3. The number of rotatable bonds is 2. The van der Waals surface area contributed by atoms with Gasteiger partial charge in [0.15, 0.2) is 0 Å². The van der Waals surface area contributed by atoms with Gasteiger partial charge in [-0.05, 0) is 24.6 Å². The van der Waals surface area contributed by atoms with Crippen LogP contribution < -0.4 is 0 Å². The van der Waals surface area contributed by atoms with Gasteiger partial charge in [-0.25, -0.2) is 0 Å². The fraction of sp³-hybridized carbons (Fsp3) is 0.222. The van der Waals surface area contributed by atoms with Crippen molar-refractivity contribution in [1.29, 1.82) is 0 Å². The monoisotopic (exact) mass is 198 g/mol. The van der Waals surface area contributed by atoms with Gasteiger partial charge in [0.1, 0.15) is 0 Å². The minimum Gasteiger partial charge on any atom is -0.282 e. The second kappa shape index (κ2) is 4.58. The van der Waals surface area contributed by atoms with E-state index in [4.69, 9.17) is 0 Å². The molecule has 1 aromatic rings. The van der Waals surface area contributed by atoms with E-state index >= 15 is 0 Å². The van der Waals surface area contributed by atoms with Crippen molar-refractivity contribution < 1.29 is 4.79 Å². The largest absolute Gasteiger partial charge is 0.282 e. The van der Waals surface area contributed by atoms with Crippen LogP contribution in [-0.2, 0) is 0 Å². The Labute approximate surface area is 80.9 Å². The molecule has 1 rings (SSSR count). The summed E-state index contributed by atoms with van der Waals surface area (Å²) < 4.78 is 0. The van der Waals surface area contributed by atoms with Crippen LogP contribution in [0.5, 0.6) is 0 Å². The molecule has 0 N–H and O–H groups in total. The molecule has 0 saturated heterocycles. The molecule has 1 aromatic carbocycles. The number of benzene rings is 1. The van der Waals surface area contributed by atoms with Crippen molar-refractivity contribution in [3.63, 3.8) is 0 Å². The lowest BCUT2D eigenvalue weighted by Gasteiger charge is -2.02. The maximum absolute atomic E-state index is 11.3. The lowest BCUT2D eigenvalue weighted by molar-refractivity contribution is 0.108. The van der Waals surface area contributed by atoms with Crippen LogP contribution in [0.1, 0.15) is 10.4 Å². The normalized spacial score (nSPS) is 9.83. The van der Waals surface area contributed by atoms with Crippen molar-refractivity contribution in [3.05, 3.63) is 29.8 Å². The van der Waals surface area contributed by atoms with E-state index in [1.165, 1.54) is 11.8 Å². The lowest BCUT2D eigenvalue weighted by atomic mass is 10.2. The molecule has 64 valence electrons. The van der Waals surface area contributed by atoms with Crippen molar-refractivity contribution in [2.75, 3.05) is 12.5 Å². The predicted octanol–water partition coefficient (Wildman–Crippen LogP) is 2.91. The van der Waals surface area contributed by atoms with E-state index in [1.54, 1.807) is 18.0 Å². The second-order valence-electron chi connectivity index (χ2n) is 2.19. The van der Waals surface area contributed by atoms with E-state index in [0.717, 1.165) is 10.5 Å². The van der Waals surface area contributed by atoms with Crippen LogP contribution in [0.4, 0.5) is 0 Å². The van der Waals surface area contributed by atoms with E-state index in [0.29, 0.717) is 0 Å². The number of thioether (sulfide) groups is 2. The molecule has 0 aromatic heterocycles. The zero-order valence-electron chi connectivity index (χ0n) is 7.03. The average molecular weight is 198 g/mol. The second-order valence-corrected chi connectivity index (χ2v) is 3.82. The van der Waals surface area contributed by atoms with Crippen molar-refractivity contribution >= 4 is 28.6 Å². The van der Waals surface area contributed by atoms with Gasteiger partial charge in [0.2, 0.25) is 5.12 Å². The predicted molar refractivity (Wildman–Crippen MR) is 56.1 cm³/mol. The molecule has 0 heterocycles. The zero-order chi connectivity index (χ0) is 8.97. The molecular formula is C9H10OS2. The molecule has 1 nitrogen and oxygen atoms in total. The SMILES string of the molecule is CSC(=O)c1ccccc1SC. The summed E-state index contributed by atoms with van der Waals surface area (Å²) in [7, 11) is 0. The summed E-state index contributed by atoms with van der Waals surface area (Å²) in [5.74, 6) is 0.